The first-order chi connectivity index (χ1) is 14.7. The van der Waals surface area contributed by atoms with Crippen LogP contribution in [0.5, 0.6) is 0 Å². The normalized spacial score (nSPS) is 15.0. The third-order valence-corrected chi connectivity index (χ3v) is 6.10. The number of anilines is 1. The van der Waals surface area contributed by atoms with E-state index in [-0.39, 0.29) is 19.2 Å². The van der Waals surface area contributed by atoms with E-state index in [1.807, 2.05) is 49.0 Å². The maximum atomic E-state index is 11.1. The zero-order chi connectivity index (χ0) is 22.6. The molecule has 2 aromatic heterocycles. The molecule has 0 aliphatic carbocycles. The van der Waals surface area contributed by atoms with Gasteiger partial charge in [0.1, 0.15) is 17.8 Å². The van der Waals surface area contributed by atoms with Crippen LogP contribution in [0.1, 0.15) is 31.9 Å². The van der Waals surface area contributed by atoms with Gasteiger partial charge in [-0.05, 0) is 25.0 Å². The second-order valence-electron chi connectivity index (χ2n) is 7.61. The molecule has 0 radical (unpaired) electrons. The summed E-state index contributed by atoms with van der Waals surface area (Å²) < 4.78 is 28.7. The molecule has 31 heavy (non-hydrogen) atoms. The summed E-state index contributed by atoms with van der Waals surface area (Å²) in [5.74, 6) is 0.400. The molecule has 3 atom stereocenters. The van der Waals surface area contributed by atoms with Gasteiger partial charge in [0.15, 0.2) is 0 Å². The van der Waals surface area contributed by atoms with Crippen molar-refractivity contribution in [2.24, 2.45) is 11.1 Å². The standard InChI is InChI=1S/C21H29N5O4S/c1-4-16(13-30-31(22,28)29)19(27)12-26-11-10-18-20(23-14-24-21(18)26)25(3)15(2)17-8-6-5-7-9-17/h5-11,14-16,19,27H,4,12-13H2,1-3H3,(H2,22,28,29)/t15-,16-,19-/m0/s1. The Morgan fingerprint density at radius 3 is 2.58 bits per heavy atom. The van der Waals surface area contributed by atoms with Gasteiger partial charge in [0.2, 0.25) is 0 Å². The molecule has 0 amide bonds. The summed E-state index contributed by atoms with van der Waals surface area (Å²) in [6.07, 6.45) is 3.06. The Balaban J connectivity index is 1.81. The van der Waals surface area contributed by atoms with Crippen LogP contribution in [-0.4, -0.2) is 47.8 Å². The number of nitrogens with two attached hydrogens (primary N) is 1. The SMILES string of the molecule is CC[C@@H](COS(N)(=O)=O)[C@@H](O)Cn1ccc2c(N(C)[C@@H](C)c3ccccc3)ncnc21. The van der Waals surface area contributed by atoms with Crippen molar-refractivity contribution >= 4 is 27.2 Å². The molecule has 9 nitrogen and oxygen atoms in total. The van der Waals surface area contributed by atoms with Crippen molar-refractivity contribution in [2.75, 3.05) is 18.6 Å². The van der Waals surface area contributed by atoms with Crippen molar-refractivity contribution in [1.29, 1.82) is 0 Å². The van der Waals surface area contributed by atoms with Crippen molar-refractivity contribution in [3.05, 3.63) is 54.5 Å². The van der Waals surface area contributed by atoms with E-state index < -0.39 is 22.3 Å². The van der Waals surface area contributed by atoms with Crippen LogP contribution in [0.4, 0.5) is 5.82 Å². The van der Waals surface area contributed by atoms with E-state index in [1.54, 1.807) is 0 Å². The van der Waals surface area contributed by atoms with Crippen LogP contribution in [0.15, 0.2) is 48.9 Å². The molecule has 10 heteroatoms. The minimum Gasteiger partial charge on any atom is -0.391 e. The Bertz CT molecular complexity index is 1100. The second-order valence-corrected chi connectivity index (χ2v) is 8.83. The minimum absolute atomic E-state index is 0.105. The van der Waals surface area contributed by atoms with Crippen molar-refractivity contribution in [3.63, 3.8) is 0 Å². The van der Waals surface area contributed by atoms with Gasteiger partial charge >= 0.3 is 10.3 Å². The van der Waals surface area contributed by atoms with Crippen LogP contribution in [0.3, 0.4) is 0 Å². The molecule has 0 bridgehead atoms. The van der Waals surface area contributed by atoms with Gasteiger partial charge in [-0.15, -0.1) is 0 Å². The number of nitrogens with zero attached hydrogens (tertiary/aromatic N) is 4. The zero-order valence-corrected chi connectivity index (χ0v) is 18.7. The molecular formula is C21H29N5O4S. The molecule has 3 N–H and O–H groups in total. The number of hydrogen-bond acceptors (Lipinski definition) is 7. The highest BCUT2D eigenvalue weighted by Gasteiger charge is 2.23. The van der Waals surface area contributed by atoms with Gasteiger partial charge in [-0.1, -0.05) is 37.3 Å². The van der Waals surface area contributed by atoms with Gasteiger partial charge < -0.3 is 14.6 Å². The molecule has 0 saturated heterocycles. The number of aromatic nitrogens is 3. The quantitative estimate of drug-likeness (QED) is 0.488. The van der Waals surface area contributed by atoms with Gasteiger partial charge in [0.05, 0.1) is 30.7 Å². The lowest BCUT2D eigenvalue weighted by atomic mass is 10.0. The minimum atomic E-state index is -4.05. The molecule has 3 rings (SSSR count). The van der Waals surface area contributed by atoms with E-state index in [4.69, 9.17) is 5.14 Å². The van der Waals surface area contributed by atoms with Crippen molar-refractivity contribution < 1.29 is 17.7 Å². The van der Waals surface area contributed by atoms with E-state index in [2.05, 4.69) is 38.1 Å². The van der Waals surface area contributed by atoms with E-state index in [9.17, 15) is 13.5 Å². The van der Waals surface area contributed by atoms with Gasteiger partial charge in [-0.25, -0.2) is 15.1 Å². The van der Waals surface area contributed by atoms with Crippen molar-refractivity contribution in [1.82, 2.24) is 14.5 Å². The van der Waals surface area contributed by atoms with Crippen molar-refractivity contribution in [3.8, 4) is 0 Å². The Morgan fingerprint density at radius 2 is 1.94 bits per heavy atom. The van der Waals surface area contributed by atoms with Crippen LogP contribution >= 0.6 is 0 Å². The van der Waals surface area contributed by atoms with E-state index in [1.165, 1.54) is 11.9 Å². The fourth-order valence-corrected chi connectivity index (χ4v) is 3.96. The van der Waals surface area contributed by atoms with Crippen LogP contribution in [0.2, 0.25) is 0 Å². The summed E-state index contributed by atoms with van der Waals surface area (Å²) in [4.78, 5) is 11.0. The second kappa shape index (κ2) is 9.73. The fraction of sp³-hybridized carbons (Fsp3) is 0.429. The maximum Gasteiger partial charge on any atom is 0.333 e. The van der Waals surface area contributed by atoms with E-state index in [0.717, 1.165) is 11.2 Å². The lowest BCUT2D eigenvalue weighted by Crippen LogP contribution is -2.31. The number of hydrogen-bond donors (Lipinski definition) is 2. The molecule has 3 aromatic rings. The highest BCUT2D eigenvalue weighted by Crippen LogP contribution is 2.29. The molecule has 0 saturated carbocycles. The summed E-state index contributed by atoms with van der Waals surface area (Å²) in [6, 6.07) is 12.2. The summed E-state index contributed by atoms with van der Waals surface area (Å²) in [5, 5.41) is 16.4. The van der Waals surface area contributed by atoms with Gasteiger partial charge in [0.25, 0.3) is 0 Å². The van der Waals surface area contributed by atoms with Crippen LogP contribution in [-0.2, 0) is 21.0 Å². The Morgan fingerprint density at radius 1 is 1.23 bits per heavy atom. The van der Waals surface area contributed by atoms with E-state index >= 15 is 0 Å². The number of aliphatic hydroxyl groups is 1. The number of benzene rings is 1. The number of aliphatic hydroxyl groups excluding tert-OH is 1. The summed E-state index contributed by atoms with van der Waals surface area (Å²) in [7, 11) is -2.06. The Hall–Kier alpha value is -2.53. The first kappa shape index (κ1) is 23.1. The topological polar surface area (TPSA) is 124 Å². The van der Waals surface area contributed by atoms with Crippen LogP contribution < -0.4 is 10.0 Å². The first-order valence-electron chi connectivity index (χ1n) is 10.1. The molecule has 0 aliphatic rings. The molecule has 168 valence electrons. The molecule has 1 aromatic carbocycles. The first-order valence-corrected chi connectivity index (χ1v) is 11.6. The van der Waals surface area contributed by atoms with Gasteiger partial charge in [-0.2, -0.15) is 8.42 Å². The number of rotatable bonds is 10. The smallest absolute Gasteiger partial charge is 0.333 e. The predicted octanol–water partition coefficient (Wildman–Crippen LogP) is 2.24. The molecule has 0 fully saturated rings. The third-order valence-electron chi connectivity index (χ3n) is 5.63. The average molecular weight is 448 g/mol. The van der Waals surface area contributed by atoms with Gasteiger partial charge in [0, 0.05) is 19.2 Å². The lowest BCUT2D eigenvalue weighted by Gasteiger charge is -2.27. The van der Waals surface area contributed by atoms with Crippen LogP contribution in [0, 0.1) is 5.92 Å². The maximum absolute atomic E-state index is 11.1. The third kappa shape index (κ3) is 5.59. The van der Waals surface area contributed by atoms with E-state index in [0.29, 0.717) is 12.1 Å². The molecular weight excluding hydrogens is 418 g/mol. The zero-order valence-electron chi connectivity index (χ0n) is 17.9. The Labute approximate surface area is 182 Å². The largest absolute Gasteiger partial charge is 0.391 e. The summed E-state index contributed by atoms with van der Waals surface area (Å²) >= 11 is 0. The lowest BCUT2D eigenvalue weighted by molar-refractivity contribution is 0.0616. The van der Waals surface area contributed by atoms with Gasteiger partial charge in [-0.3, -0.25) is 4.18 Å². The van der Waals surface area contributed by atoms with Crippen LogP contribution in [0.25, 0.3) is 11.0 Å². The Kier molecular flexibility index (Phi) is 7.26. The fourth-order valence-electron chi connectivity index (χ4n) is 3.59. The predicted molar refractivity (Wildman–Crippen MR) is 120 cm³/mol. The average Bonchev–Trinajstić information content (AvgIpc) is 3.16. The molecule has 0 spiro atoms. The summed E-state index contributed by atoms with van der Waals surface area (Å²) in [6.45, 7) is 4.04. The molecule has 2 heterocycles. The highest BCUT2D eigenvalue weighted by atomic mass is 32.2. The monoisotopic (exact) mass is 447 g/mol. The summed E-state index contributed by atoms with van der Waals surface area (Å²) in [5.41, 5.74) is 1.87. The highest BCUT2D eigenvalue weighted by molar-refractivity contribution is 7.84. The number of fused-ring (bicyclic) bond motifs is 1. The molecule has 0 unspecified atom stereocenters. The van der Waals surface area contributed by atoms with Crippen molar-refractivity contribution in [2.45, 2.75) is 39.0 Å². The molecule has 0 aliphatic heterocycles.